The van der Waals surface area contributed by atoms with Gasteiger partial charge in [0.25, 0.3) is 0 Å². The zero-order valence-electron chi connectivity index (χ0n) is 15.7. The molecule has 27 heavy (non-hydrogen) atoms. The lowest BCUT2D eigenvalue weighted by atomic mass is 9.94. The first kappa shape index (κ1) is 17.5. The molecule has 4 rings (SSSR count). The summed E-state index contributed by atoms with van der Waals surface area (Å²) < 4.78 is 2.04. The third-order valence-electron chi connectivity index (χ3n) is 5.28. The fourth-order valence-electron chi connectivity index (χ4n) is 3.80. The van der Waals surface area contributed by atoms with Gasteiger partial charge in [-0.15, -0.1) is 0 Å². The van der Waals surface area contributed by atoms with Gasteiger partial charge in [-0.3, -0.25) is 9.89 Å². The summed E-state index contributed by atoms with van der Waals surface area (Å²) in [6, 6.07) is 8.08. The fourth-order valence-corrected chi connectivity index (χ4v) is 3.80. The molecule has 1 aliphatic rings. The summed E-state index contributed by atoms with van der Waals surface area (Å²) >= 11 is 0. The Labute approximate surface area is 159 Å². The van der Waals surface area contributed by atoms with Crippen LogP contribution in [0.3, 0.4) is 0 Å². The van der Waals surface area contributed by atoms with Crippen molar-refractivity contribution >= 4 is 5.91 Å². The van der Waals surface area contributed by atoms with Gasteiger partial charge in [0.15, 0.2) is 0 Å². The summed E-state index contributed by atoms with van der Waals surface area (Å²) in [5, 5.41) is 10.6. The van der Waals surface area contributed by atoms with Gasteiger partial charge in [-0.25, -0.2) is 4.98 Å². The van der Waals surface area contributed by atoms with Crippen LogP contribution >= 0.6 is 0 Å². The van der Waals surface area contributed by atoms with Gasteiger partial charge in [0.1, 0.15) is 5.82 Å². The van der Waals surface area contributed by atoms with Gasteiger partial charge in [0.2, 0.25) is 5.91 Å². The first-order valence-corrected chi connectivity index (χ1v) is 9.62. The van der Waals surface area contributed by atoms with E-state index in [4.69, 9.17) is 0 Å². The van der Waals surface area contributed by atoms with Crippen LogP contribution in [0, 0.1) is 6.92 Å². The van der Waals surface area contributed by atoms with Gasteiger partial charge in [-0.1, -0.05) is 18.2 Å². The predicted molar refractivity (Wildman–Crippen MR) is 104 cm³/mol. The molecule has 0 radical (unpaired) electrons. The van der Waals surface area contributed by atoms with Crippen LogP contribution in [0.4, 0.5) is 0 Å². The molecule has 6 nitrogen and oxygen atoms in total. The monoisotopic (exact) mass is 363 g/mol. The van der Waals surface area contributed by atoms with E-state index in [2.05, 4.69) is 20.5 Å². The number of nitrogens with zero attached hydrogens (tertiary/aromatic N) is 3. The van der Waals surface area contributed by atoms with Crippen molar-refractivity contribution in [2.45, 2.75) is 52.0 Å². The van der Waals surface area contributed by atoms with Crippen molar-refractivity contribution in [1.29, 1.82) is 0 Å². The summed E-state index contributed by atoms with van der Waals surface area (Å²) in [4.78, 5) is 16.7. The van der Waals surface area contributed by atoms with Crippen molar-refractivity contribution in [3.63, 3.8) is 0 Å². The van der Waals surface area contributed by atoms with E-state index in [0.29, 0.717) is 19.4 Å². The van der Waals surface area contributed by atoms with Gasteiger partial charge in [-0.05, 0) is 49.8 Å². The predicted octanol–water partition coefficient (Wildman–Crippen LogP) is 3.03. The normalized spacial score (nSPS) is 13.4. The molecule has 1 aliphatic carbocycles. The van der Waals surface area contributed by atoms with E-state index >= 15 is 0 Å². The van der Waals surface area contributed by atoms with Gasteiger partial charge in [-0.2, -0.15) is 5.10 Å². The van der Waals surface area contributed by atoms with Crippen molar-refractivity contribution < 1.29 is 4.79 Å². The highest BCUT2D eigenvalue weighted by Gasteiger charge is 2.17. The molecule has 2 heterocycles. The average Bonchev–Trinajstić information content (AvgIpc) is 3.31. The number of hydrogen-bond donors (Lipinski definition) is 2. The topological polar surface area (TPSA) is 75.6 Å². The number of benzene rings is 1. The van der Waals surface area contributed by atoms with Crippen LogP contribution in [0.15, 0.2) is 36.7 Å². The zero-order valence-corrected chi connectivity index (χ0v) is 15.7. The molecule has 2 N–H and O–H groups in total. The van der Waals surface area contributed by atoms with E-state index in [1.54, 1.807) is 6.20 Å². The molecular formula is C21H25N5O. The Morgan fingerprint density at radius 1 is 1.26 bits per heavy atom. The maximum absolute atomic E-state index is 12.4. The molecular weight excluding hydrogens is 338 g/mol. The number of rotatable bonds is 6. The second kappa shape index (κ2) is 7.78. The number of hydrogen-bond acceptors (Lipinski definition) is 3. The van der Waals surface area contributed by atoms with Crippen LogP contribution in [-0.4, -0.2) is 25.7 Å². The van der Waals surface area contributed by atoms with Crippen LogP contribution < -0.4 is 5.32 Å². The molecule has 0 unspecified atom stereocenters. The van der Waals surface area contributed by atoms with E-state index in [0.717, 1.165) is 35.6 Å². The summed E-state index contributed by atoms with van der Waals surface area (Å²) in [5.41, 5.74) is 5.80. The summed E-state index contributed by atoms with van der Waals surface area (Å²) in [6.07, 6.45) is 9.50. The second-order valence-corrected chi connectivity index (χ2v) is 7.08. The molecule has 1 amide bonds. The van der Waals surface area contributed by atoms with Gasteiger partial charge < -0.3 is 9.88 Å². The number of carbonyl (C=O) groups excluding carboxylic acids is 1. The molecule has 0 saturated heterocycles. The summed E-state index contributed by atoms with van der Waals surface area (Å²) in [6.45, 7) is 2.48. The number of H-pyrrole nitrogens is 1. The molecule has 0 fully saturated rings. The molecule has 140 valence electrons. The van der Waals surface area contributed by atoms with Gasteiger partial charge in [0, 0.05) is 37.5 Å². The lowest BCUT2D eigenvalue weighted by Gasteiger charge is -2.13. The number of imidazole rings is 1. The molecule has 0 atom stereocenters. The first-order valence-electron chi connectivity index (χ1n) is 9.62. The Morgan fingerprint density at radius 3 is 2.96 bits per heavy atom. The minimum atomic E-state index is 0.0553. The largest absolute Gasteiger partial charge is 0.352 e. The number of aromatic amines is 1. The van der Waals surface area contributed by atoms with E-state index in [-0.39, 0.29) is 5.91 Å². The summed E-state index contributed by atoms with van der Waals surface area (Å²) in [7, 11) is 0. The van der Waals surface area contributed by atoms with E-state index in [1.165, 1.54) is 24.1 Å². The number of amides is 1. The number of carbonyl (C=O) groups is 1. The zero-order chi connectivity index (χ0) is 18.6. The van der Waals surface area contributed by atoms with Crippen LogP contribution in [0.25, 0.3) is 5.69 Å². The fraction of sp³-hybridized carbons (Fsp3) is 0.381. The highest BCUT2D eigenvalue weighted by Crippen LogP contribution is 2.23. The van der Waals surface area contributed by atoms with Crippen LogP contribution in [-0.2, 0) is 30.6 Å². The molecule has 1 aromatic carbocycles. The molecule has 0 aliphatic heterocycles. The van der Waals surface area contributed by atoms with Gasteiger partial charge in [0.05, 0.1) is 11.4 Å². The number of aryl methyl sites for hydroxylation is 3. The van der Waals surface area contributed by atoms with Gasteiger partial charge >= 0.3 is 0 Å². The van der Waals surface area contributed by atoms with Crippen molar-refractivity contribution in [2.75, 3.05) is 0 Å². The summed E-state index contributed by atoms with van der Waals surface area (Å²) in [5.74, 6) is 0.983. The third kappa shape index (κ3) is 3.79. The Kier molecular flexibility index (Phi) is 5.05. The van der Waals surface area contributed by atoms with E-state index in [9.17, 15) is 4.79 Å². The molecule has 6 heteroatoms. The van der Waals surface area contributed by atoms with E-state index in [1.807, 2.05) is 42.0 Å². The average molecular weight is 363 g/mol. The van der Waals surface area contributed by atoms with Crippen LogP contribution in [0.1, 0.15) is 47.6 Å². The van der Waals surface area contributed by atoms with E-state index < -0.39 is 0 Å². The molecule has 2 aromatic heterocycles. The van der Waals surface area contributed by atoms with Crippen molar-refractivity contribution in [3.8, 4) is 5.69 Å². The Hall–Kier alpha value is -2.89. The molecule has 0 spiro atoms. The first-order chi connectivity index (χ1) is 13.2. The highest BCUT2D eigenvalue weighted by molar-refractivity contribution is 5.76. The lowest BCUT2D eigenvalue weighted by Crippen LogP contribution is -2.24. The number of nitrogens with one attached hydrogen (secondary N) is 2. The Morgan fingerprint density at radius 2 is 2.11 bits per heavy atom. The lowest BCUT2D eigenvalue weighted by molar-refractivity contribution is -0.121. The smallest absolute Gasteiger partial charge is 0.220 e. The third-order valence-corrected chi connectivity index (χ3v) is 5.28. The minimum absolute atomic E-state index is 0.0553. The highest BCUT2D eigenvalue weighted by atomic mass is 16.1. The maximum atomic E-state index is 12.4. The van der Waals surface area contributed by atoms with Crippen molar-refractivity contribution in [2.24, 2.45) is 0 Å². The van der Waals surface area contributed by atoms with Crippen LogP contribution in [0.5, 0.6) is 0 Å². The van der Waals surface area contributed by atoms with Crippen LogP contribution in [0.2, 0.25) is 0 Å². The molecule has 3 aromatic rings. The van der Waals surface area contributed by atoms with Crippen molar-refractivity contribution in [1.82, 2.24) is 25.1 Å². The Balaban J connectivity index is 1.36. The maximum Gasteiger partial charge on any atom is 0.220 e. The number of aromatic nitrogens is 4. The Bertz CT molecular complexity index is 940. The minimum Gasteiger partial charge on any atom is -0.352 e. The second-order valence-electron chi connectivity index (χ2n) is 7.08. The standard InChI is InChI=1S/C21H25N5O/c1-15-22-12-13-26(15)20-9-5-2-6-16(20)14-23-21(27)11-10-19-17-7-3-4-8-18(17)24-25-19/h2,5-6,9,12-13H,3-4,7-8,10-11,14H2,1H3,(H,23,27)(H,24,25). The molecule has 0 saturated carbocycles. The number of para-hydroxylation sites is 1. The SMILES string of the molecule is Cc1nccn1-c1ccccc1CNC(=O)CCc1n[nH]c2c1CCCC2. The van der Waals surface area contributed by atoms with Crippen molar-refractivity contribution in [3.05, 3.63) is 65.0 Å². The molecule has 0 bridgehead atoms. The quantitative estimate of drug-likeness (QED) is 0.707. The number of fused-ring (bicyclic) bond motifs is 1.